The molecule has 5 nitrogen and oxygen atoms in total. The number of ether oxygens (including phenoxy) is 1. The lowest BCUT2D eigenvalue weighted by Crippen LogP contribution is -2.18. The van der Waals surface area contributed by atoms with Gasteiger partial charge in [-0.25, -0.2) is 4.39 Å². The summed E-state index contributed by atoms with van der Waals surface area (Å²) in [7, 11) is 1.50. The number of benzene rings is 1. The monoisotopic (exact) mass is 339 g/mol. The van der Waals surface area contributed by atoms with Crippen molar-refractivity contribution >= 4 is 27.5 Å². The first-order valence-electron chi connectivity index (χ1n) is 5.61. The predicted molar refractivity (Wildman–Crippen MR) is 76.2 cm³/mol. The number of hydrogen-bond donors (Lipinski definition) is 2. The Morgan fingerprint density at radius 3 is 2.90 bits per heavy atom. The van der Waals surface area contributed by atoms with Crippen molar-refractivity contribution in [3.8, 4) is 11.5 Å². The molecule has 0 aliphatic rings. The van der Waals surface area contributed by atoms with Gasteiger partial charge in [-0.15, -0.1) is 0 Å². The topological polar surface area (TPSA) is 77.2 Å². The zero-order valence-electron chi connectivity index (χ0n) is 10.5. The van der Waals surface area contributed by atoms with Crippen molar-refractivity contribution in [2.24, 2.45) is 0 Å². The van der Waals surface area contributed by atoms with Crippen molar-refractivity contribution < 1.29 is 13.9 Å². The molecule has 3 N–H and O–H groups in total. The van der Waals surface area contributed by atoms with E-state index in [1.54, 1.807) is 6.07 Å². The van der Waals surface area contributed by atoms with Gasteiger partial charge in [0.2, 0.25) is 0 Å². The number of carbonyl (C=O) groups excluding carboxylic acids is 1. The summed E-state index contributed by atoms with van der Waals surface area (Å²) >= 11 is 3.03. The van der Waals surface area contributed by atoms with Gasteiger partial charge >= 0.3 is 0 Å². The summed E-state index contributed by atoms with van der Waals surface area (Å²) in [6.45, 7) is 0. The minimum Gasteiger partial charge on any atom is -0.455 e. The van der Waals surface area contributed by atoms with E-state index in [4.69, 9.17) is 10.5 Å². The van der Waals surface area contributed by atoms with Crippen LogP contribution < -0.4 is 15.8 Å². The number of nitrogens with one attached hydrogen (secondary N) is 1. The van der Waals surface area contributed by atoms with Crippen molar-refractivity contribution in [2.45, 2.75) is 0 Å². The molecule has 104 valence electrons. The molecule has 0 bridgehead atoms. The lowest BCUT2D eigenvalue weighted by atomic mass is 10.3. The molecule has 2 rings (SSSR count). The fourth-order valence-electron chi connectivity index (χ4n) is 1.49. The fraction of sp³-hybridized carbons (Fsp3) is 0.0769. The highest BCUT2D eigenvalue weighted by Crippen LogP contribution is 2.32. The van der Waals surface area contributed by atoms with Crippen LogP contribution in [0.2, 0.25) is 0 Å². The third kappa shape index (κ3) is 3.05. The molecule has 0 saturated heterocycles. The highest BCUT2D eigenvalue weighted by Gasteiger charge is 2.10. The molecule has 1 aromatic heterocycles. The lowest BCUT2D eigenvalue weighted by molar-refractivity contribution is 0.0958. The molecular weight excluding hydrogens is 329 g/mol. The molecule has 0 spiro atoms. The summed E-state index contributed by atoms with van der Waals surface area (Å²) < 4.78 is 19.2. The number of pyridine rings is 1. The maximum atomic E-state index is 13.5. The Morgan fingerprint density at radius 1 is 1.45 bits per heavy atom. The van der Waals surface area contributed by atoms with Crippen LogP contribution >= 0.6 is 15.9 Å². The summed E-state index contributed by atoms with van der Waals surface area (Å²) in [4.78, 5) is 15.4. The molecule has 20 heavy (non-hydrogen) atoms. The molecule has 0 atom stereocenters. The Balaban J connectivity index is 2.31. The largest absolute Gasteiger partial charge is 0.455 e. The molecule has 0 unspecified atom stereocenters. The molecule has 0 saturated carbocycles. The summed E-state index contributed by atoms with van der Waals surface area (Å²) in [5.41, 5.74) is 6.22. The van der Waals surface area contributed by atoms with Crippen LogP contribution in [0.4, 0.5) is 10.1 Å². The molecule has 1 aromatic carbocycles. The number of nitrogens with zero attached hydrogens (tertiary/aromatic N) is 1. The first-order valence-corrected chi connectivity index (χ1v) is 6.41. The first-order chi connectivity index (χ1) is 9.51. The Morgan fingerprint density at radius 2 is 2.20 bits per heavy atom. The maximum Gasteiger partial charge on any atom is 0.269 e. The number of rotatable bonds is 3. The van der Waals surface area contributed by atoms with Gasteiger partial charge in [0, 0.05) is 25.4 Å². The summed E-state index contributed by atoms with van der Waals surface area (Å²) in [5.74, 6) is -0.327. The van der Waals surface area contributed by atoms with Crippen molar-refractivity contribution in [3.63, 3.8) is 0 Å². The van der Waals surface area contributed by atoms with E-state index in [9.17, 15) is 9.18 Å². The molecule has 7 heteroatoms. The van der Waals surface area contributed by atoms with Gasteiger partial charge in [0.15, 0.2) is 5.75 Å². The van der Waals surface area contributed by atoms with Crippen LogP contribution in [-0.2, 0) is 0 Å². The normalized spacial score (nSPS) is 10.2. The van der Waals surface area contributed by atoms with Crippen molar-refractivity contribution in [1.82, 2.24) is 10.3 Å². The van der Waals surface area contributed by atoms with Crippen LogP contribution in [0.5, 0.6) is 11.5 Å². The second-order valence-electron chi connectivity index (χ2n) is 3.86. The quantitative estimate of drug-likeness (QED) is 0.843. The number of amides is 1. The zero-order chi connectivity index (χ0) is 14.7. The molecule has 1 heterocycles. The Kier molecular flexibility index (Phi) is 4.19. The van der Waals surface area contributed by atoms with Gasteiger partial charge in [-0.05, 0) is 28.1 Å². The molecule has 0 radical (unpaired) electrons. The van der Waals surface area contributed by atoms with Gasteiger partial charge < -0.3 is 15.8 Å². The van der Waals surface area contributed by atoms with Gasteiger partial charge in [-0.3, -0.25) is 9.78 Å². The summed E-state index contributed by atoms with van der Waals surface area (Å²) in [6.07, 6.45) is 1.42. The Bertz CT molecular complexity index is 664. The number of nitrogens with two attached hydrogens (primary N) is 1. The van der Waals surface area contributed by atoms with E-state index in [1.807, 2.05) is 0 Å². The van der Waals surface area contributed by atoms with Crippen molar-refractivity contribution in [2.75, 3.05) is 12.8 Å². The Hall–Kier alpha value is -2.15. The van der Waals surface area contributed by atoms with Crippen LogP contribution in [0, 0.1) is 5.82 Å². The number of aromatic nitrogens is 1. The average molecular weight is 340 g/mol. The van der Waals surface area contributed by atoms with E-state index in [1.165, 1.54) is 31.4 Å². The van der Waals surface area contributed by atoms with Crippen molar-refractivity contribution in [3.05, 3.63) is 46.4 Å². The van der Waals surface area contributed by atoms with Gasteiger partial charge in [-0.1, -0.05) is 0 Å². The third-order valence-electron chi connectivity index (χ3n) is 2.47. The number of halogens is 2. The second kappa shape index (κ2) is 5.87. The summed E-state index contributed by atoms with van der Waals surface area (Å²) in [6, 6.07) is 5.56. The molecular formula is C13H11BrFN3O2. The predicted octanol–water partition coefficient (Wildman–Crippen LogP) is 2.72. The van der Waals surface area contributed by atoms with E-state index in [2.05, 4.69) is 26.2 Å². The van der Waals surface area contributed by atoms with E-state index in [0.29, 0.717) is 5.75 Å². The Labute approximate surface area is 123 Å². The SMILES string of the molecule is CNC(=O)c1cc(Oc2cc(F)c(Br)cc2N)ccn1. The number of nitrogen functional groups attached to an aromatic ring is 1. The lowest BCUT2D eigenvalue weighted by Gasteiger charge is -2.10. The molecule has 0 aliphatic carbocycles. The smallest absolute Gasteiger partial charge is 0.269 e. The molecule has 0 fully saturated rings. The minimum absolute atomic E-state index is 0.166. The maximum absolute atomic E-state index is 13.5. The van der Waals surface area contributed by atoms with E-state index in [0.717, 1.165) is 0 Å². The fourth-order valence-corrected chi connectivity index (χ4v) is 1.85. The molecule has 0 aliphatic heterocycles. The van der Waals surface area contributed by atoms with Gasteiger partial charge in [-0.2, -0.15) is 0 Å². The van der Waals surface area contributed by atoms with Crippen LogP contribution in [0.3, 0.4) is 0 Å². The number of carbonyl (C=O) groups is 1. The van der Waals surface area contributed by atoms with Gasteiger partial charge in [0.1, 0.15) is 17.3 Å². The highest BCUT2D eigenvalue weighted by atomic mass is 79.9. The molecule has 1 amide bonds. The molecule has 2 aromatic rings. The first kappa shape index (κ1) is 14.3. The van der Waals surface area contributed by atoms with Crippen LogP contribution in [0.25, 0.3) is 0 Å². The van der Waals surface area contributed by atoms with E-state index in [-0.39, 0.29) is 27.5 Å². The highest BCUT2D eigenvalue weighted by molar-refractivity contribution is 9.10. The van der Waals surface area contributed by atoms with Crippen LogP contribution in [0.1, 0.15) is 10.5 Å². The minimum atomic E-state index is -0.491. The average Bonchev–Trinajstić information content (AvgIpc) is 2.44. The number of hydrogen-bond acceptors (Lipinski definition) is 4. The van der Waals surface area contributed by atoms with Crippen LogP contribution in [0.15, 0.2) is 34.9 Å². The number of anilines is 1. The zero-order valence-corrected chi connectivity index (χ0v) is 12.1. The second-order valence-corrected chi connectivity index (χ2v) is 4.72. The van der Waals surface area contributed by atoms with E-state index < -0.39 is 5.82 Å². The van der Waals surface area contributed by atoms with Gasteiger partial charge in [0.05, 0.1) is 10.2 Å². The third-order valence-corrected chi connectivity index (χ3v) is 3.08. The van der Waals surface area contributed by atoms with E-state index >= 15 is 0 Å². The van der Waals surface area contributed by atoms with Gasteiger partial charge in [0.25, 0.3) is 5.91 Å². The standard InChI is InChI=1S/C13H11BrFN3O2/c1-17-13(19)11-4-7(2-3-18-11)20-12-6-9(15)8(14)5-10(12)16/h2-6H,16H2,1H3,(H,17,19). The van der Waals surface area contributed by atoms with Crippen LogP contribution in [-0.4, -0.2) is 17.9 Å². The summed E-state index contributed by atoms with van der Waals surface area (Å²) in [5, 5.41) is 2.45. The van der Waals surface area contributed by atoms with Crippen molar-refractivity contribution in [1.29, 1.82) is 0 Å².